The van der Waals surface area contributed by atoms with Crippen molar-refractivity contribution in [1.29, 1.82) is 0 Å². The van der Waals surface area contributed by atoms with Crippen LogP contribution < -0.4 is 0 Å². The third kappa shape index (κ3) is 7.16. The number of carbonyl (C=O) groups is 1. The predicted octanol–water partition coefficient (Wildman–Crippen LogP) is 4.05. The lowest BCUT2D eigenvalue weighted by atomic mass is 9.81. The number of unbranched alkanes of at least 4 members (excludes halogenated alkanes) is 1. The van der Waals surface area contributed by atoms with Gasteiger partial charge in [0.15, 0.2) is 0 Å². The predicted molar refractivity (Wildman–Crippen MR) is 79.2 cm³/mol. The number of hydrogen-bond acceptors (Lipinski definition) is 2. The van der Waals surface area contributed by atoms with Gasteiger partial charge in [0.1, 0.15) is 0 Å². The largest absolute Gasteiger partial charge is 0.481 e. The van der Waals surface area contributed by atoms with Crippen molar-refractivity contribution in [3.8, 4) is 0 Å². The molecule has 19 heavy (non-hydrogen) atoms. The monoisotopic (exact) mass is 268 g/mol. The van der Waals surface area contributed by atoms with Crippen LogP contribution in [0.15, 0.2) is 25.3 Å². The van der Waals surface area contributed by atoms with Crippen molar-refractivity contribution in [2.75, 3.05) is 6.61 Å². The molecule has 0 fully saturated rings. The smallest absolute Gasteiger partial charge is 0.306 e. The molecule has 0 amide bonds. The van der Waals surface area contributed by atoms with Crippen molar-refractivity contribution in [2.24, 2.45) is 11.8 Å². The molecule has 1 N–H and O–H groups in total. The molecule has 0 heterocycles. The van der Waals surface area contributed by atoms with E-state index >= 15 is 0 Å². The second-order valence-corrected chi connectivity index (χ2v) is 4.85. The average Bonchev–Trinajstić information content (AvgIpc) is 2.37. The first kappa shape index (κ1) is 17.9. The van der Waals surface area contributed by atoms with E-state index in [4.69, 9.17) is 4.74 Å². The van der Waals surface area contributed by atoms with Gasteiger partial charge in [-0.1, -0.05) is 12.2 Å². The molecule has 3 heteroatoms. The van der Waals surface area contributed by atoms with Gasteiger partial charge in [0, 0.05) is 6.61 Å². The number of rotatable bonds is 12. The van der Waals surface area contributed by atoms with Gasteiger partial charge in [-0.15, -0.1) is 13.2 Å². The van der Waals surface area contributed by atoms with Gasteiger partial charge in [-0.05, 0) is 51.9 Å². The van der Waals surface area contributed by atoms with E-state index in [-0.39, 0.29) is 17.9 Å². The first-order chi connectivity index (χ1) is 9.08. The fourth-order valence-electron chi connectivity index (χ4n) is 2.46. The molecule has 0 radical (unpaired) electrons. The highest BCUT2D eigenvalue weighted by Crippen LogP contribution is 2.28. The molecule has 0 aliphatic carbocycles. The van der Waals surface area contributed by atoms with E-state index in [0.29, 0.717) is 13.0 Å². The minimum Gasteiger partial charge on any atom is -0.481 e. The van der Waals surface area contributed by atoms with E-state index in [1.807, 2.05) is 26.0 Å². The van der Waals surface area contributed by atoms with E-state index in [1.165, 1.54) is 0 Å². The Kier molecular flexibility index (Phi) is 10.2. The highest BCUT2D eigenvalue weighted by Gasteiger charge is 2.31. The summed E-state index contributed by atoms with van der Waals surface area (Å²) < 4.78 is 5.62. The van der Waals surface area contributed by atoms with Crippen molar-refractivity contribution < 1.29 is 14.6 Å². The maximum Gasteiger partial charge on any atom is 0.306 e. The second kappa shape index (κ2) is 10.8. The highest BCUT2D eigenvalue weighted by molar-refractivity contribution is 5.70. The molecular weight excluding hydrogens is 240 g/mol. The maximum atomic E-state index is 11.5. The Morgan fingerprint density at radius 3 is 2.37 bits per heavy atom. The lowest BCUT2D eigenvalue weighted by Crippen LogP contribution is -2.33. The van der Waals surface area contributed by atoms with Gasteiger partial charge in [0.05, 0.1) is 12.0 Å². The zero-order valence-electron chi connectivity index (χ0n) is 12.3. The minimum atomic E-state index is -0.718. The van der Waals surface area contributed by atoms with Crippen LogP contribution in [0, 0.1) is 11.8 Å². The van der Waals surface area contributed by atoms with Gasteiger partial charge in [-0.3, -0.25) is 4.79 Å². The molecule has 0 saturated carbocycles. The van der Waals surface area contributed by atoms with Crippen LogP contribution >= 0.6 is 0 Å². The Morgan fingerprint density at radius 2 is 1.89 bits per heavy atom. The second-order valence-electron chi connectivity index (χ2n) is 4.85. The average molecular weight is 268 g/mol. The van der Waals surface area contributed by atoms with Crippen LogP contribution in [0.1, 0.15) is 46.0 Å². The Bertz CT molecular complexity index is 273. The van der Waals surface area contributed by atoms with Gasteiger partial charge in [-0.25, -0.2) is 0 Å². The maximum absolute atomic E-state index is 11.5. The summed E-state index contributed by atoms with van der Waals surface area (Å²) in [5, 5.41) is 9.45. The zero-order chi connectivity index (χ0) is 14.7. The van der Waals surface area contributed by atoms with E-state index in [9.17, 15) is 9.90 Å². The van der Waals surface area contributed by atoms with Crippen molar-refractivity contribution in [3.63, 3.8) is 0 Å². The summed E-state index contributed by atoms with van der Waals surface area (Å²) in [5.74, 6) is -1.02. The molecule has 0 aliphatic rings. The Hall–Kier alpha value is -1.09. The number of allylic oxidation sites excluding steroid dienone is 2. The molecule has 0 saturated heterocycles. The zero-order valence-corrected chi connectivity index (χ0v) is 12.3. The standard InChI is InChI=1S/C16H28O3/c1-5-8-10-12-15(16(17)18)14(11-9-6-2)13(4)19-7-3/h5-6,13-15H,1-2,7-12H2,3-4H3,(H,17,18). The molecular formula is C16H28O3. The molecule has 0 aromatic heterocycles. The molecule has 0 rings (SSSR count). The fraction of sp³-hybridized carbons (Fsp3) is 0.688. The van der Waals surface area contributed by atoms with Crippen LogP contribution in [-0.2, 0) is 9.53 Å². The Balaban J connectivity index is 4.73. The summed E-state index contributed by atoms with van der Waals surface area (Å²) in [6.07, 6.45) is 7.70. The third-order valence-corrected chi connectivity index (χ3v) is 3.49. The van der Waals surface area contributed by atoms with Crippen molar-refractivity contribution >= 4 is 5.97 Å². The van der Waals surface area contributed by atoms with E-state index in [2.05, 4.69) is 13.2 Å². The molecule has 110 valence electrons. The first-order valence-corrected chi connectivity index (χ1v) is 7.14. The summed E-state index contributed by atoms with van der Waals surface area (Å²) in [7, 11) is 0. The van der Waals surface area contributed by atoms with Crippen molar-refractivity contribution in [3.05, 3.63) is 25.3 Å². The number of hydrogen-bond donors (Lipinski definition) is 1. The molecule has 0 spiro atoms. The van der Waals surface area contributed by atoms with Crippen LogP contribution in [0.2, 0.25) is 0 Å². The molecule has 0 bridgehead atoms. The Morgan fingerprint density at radius 1 is 1.26 bits per heavy atom. The first-order valence-electron chi connectivity index (χ1n) is 7.14. The number of carboxylic acids is 1. The van der Waals surface area contributed by atoms with E-state index in [1.54, 1.807) is 0 Å². The van der Waals surface area contributed by atoms with Crippen LogP contribution in [-0.4, -0.2) is 23.8 Å². The number of carboxylic acid groups (broad SMARTS) is 1. The van der Waals surface area contributed by atoms with Crippen LogP contribution in [0.5, 0.6) is 0 Å². The third-order valence-electron chi connectivity index (χ3n) is 3.49. The fourth-order valence-corrected chi connectivity index (χ4v) is 2.46. The van der Waals surface area contributed by atoms with Crippen LogP contribution in [0.3, 0.4) is 0 Å². The molecule has 0 aliphatic heterocycles. The minimum absolute atomic E-state index is 0.0326. The van der Waals surface area contributed by atoms with E-state index < -0.39 is 5.97 Å². The Labute approximate surface area is 117 Å². The van der Waals surface area contributed by atoms with Gasteiger partial charge < -0.3 is 9.84 Å². The van der Waals surface area contributed by atoms with Crippen LogP contribution in [0.25, 0.3) is 0 Å². The van der Waals surface area contributed by atoms with Crippen LogP contribution in [0.4, 0.5) is 0 Å². The summed E-state index contributed by atoms with van der Waals surface area (Å²) in [6.45, 7) is 11.9. The summed E-state index contributed by atoms with van der Waals surface area (Å²) in [4.78, 5) is 11.5. The summed E-state index contributed by atoms with van der Waals surface area (Å²) in [5.41, 5.74) is 0. The van der Waals surface area contributed by atoms with E-state index in [0.717, 1.165) is 25.7 Å². The number of aliphatic carboxylic acids is 1. The van der Waals surface area contributed by atoms with Gasteiger partial charge in [0.2, 0.25) is 0 Å². The molecule has 3 atom stereocenters. The number of ether oxygens (including phenoxy) is 1. The lowest BCUT2D eigenvalue weighted by molar-refractivity contribution is -0.146. The summed E-state index contributed by atoms with van der Waals surface area (Å²) >= 11 is 0. The topological polar surface area (TPSA) is 46.5 Å². The molecule has 0 aromatic rings. The van der Waals surface area contributed by atoms with Crippen molar-refractivity contribution in [2.45, 2.75) is 52.1 Å². The summed E-state index contributed by atoms with van der Waals surface area (Å²) in [6, 6.07) is 0. The molecule has 0 aromatic carbocycles. The normalized spacial score (nSPS) is 15.5. The SMILES string of the molecule is C=CCCCC(C(=O)O)C(CCC=C)C(C)OCC. The van der Waals surface area contributed by atoms with Gasteiger partial charge >= 0.3 is 5.97 Å². The highest BCUT2D eigenvalue weighted by atomic mass is 16.5. The van der Waals surface area contributed by atoms with Gasteiger partial charge in [-0.2, -0.15) is 0 Å². The van der Waals surface area contributed by atoms with Gasteiger partial charge in [0.25, 0.3) is 0 Å². The quantitative estimate of drug-likeness (QED) is 0.429. The molecule has 3 nitrogen and oxygen atoms in total. The van der Waals surface area contributed by atoms with Crippen molar-refractivity contribution in [1.82, 2.24) is 0 Å². The lowest BCUT2D eigenvalue weighted by Gasteiger charge is -2.29. The molecule has 3 unspecified atom stereocenters.